The maximum absolute atomic E-state index is 13.5. The molecule has 0 aromatic heterocycles. The van der Waals surface area contributed by atoms with Crippen LogP contribution in [-0.4, -0.2) is 78.5 Å². The molecule has 196 valence electrons. The number of benzene rings is 1. The van der Waals surface area contributed by atoms with Crippen molar-refractivity contribution < 1.29 is 45.8 Å². The first-order valence-electron chi connectivity index (χ1n) is 11.2. The van der Waals surface area contributed by atoms with Gasteiger partial charge in [-0.25, -0.2) is 4.79 Å². The van der Waals surface area contributed by atoms with Crippen molar-refractivity contribution in [3.8, 4) is 0 Å². The van der Waals surface area contributed by atoms with Crippen molar-refractivity contribution in [2.24, 2.45) is 5.92 Å². The molecule has 1 N–H and O–H groups in total. The van der Waals surface area contributed by atoms with Crippen molar-refractivity contribution in [1.29, 1.82) is 0 Å². The van der Waals surface area contributed by atoms with Crippen molar-refractivity contribution in [2.75, 3.05) is 44.2 Å². The van der Waals surface area contributed by atoms with Crippen LogP contribution < -0.4 is 4.90 Å². The van der Waals surface area contributed by atoms with Crippen LogP contribution in [-0.2, 0) is 22.3 Å². The van der Waals surface area contributed by atoms with Crippen molar-refractivity contribution in [1.82, 2.24) is 9.80 Å². The lowest BCUT2D eigenvalue weighted by molar-refractivity contribution is -0.200. The zero-order chi connectivity index (χ0) is 26.0. The van der Waals surface area contributed by atoms with Crippen molar-refractivity contribution in [2.45, 2.75) is 44.8 Å². The first kappa shape index (κ1) is 26.9. The smallest absolute Gasteiger partial charge is 0.425 e. The summed E-state index contributed by atoms with van der Waals surface area (Å²) in [6.45, 7) is 2.23. The molecule has 1 atom stereocenters. The summed E-state index contributed by atoms with van der Waals surface area (Å²) >= 11 is 0. The molecule has 3 rings (SSSR count). The molecule has 0 saturated carbocycles. The minimum atomic E-state index is -4.67. The molecule has 1 unspecified atom stereocenters. The average Bonchev–Trinajstić information content (AvgIpc) is 2.78. The lowest BCUT2D eigenvalue weighted by Crippen LogP contribution is -2.49. The Morgan fingerprint density at radius 2 is 1.60 bits per heavy atom. The summed E-state index contributed by atoms with van der Waals surface area (Å²) in [5, 5.41) is 9.15. The molecule has 0 radical (unpaired) electrons. The van der Waals surface area contributed by atoms with E-state index >= 15 is 0 Å². The largest absolute Gasteiger partial charge is 0.481 e. The van der Waals surface area contributed by atoms with E-state index in [0.717, 1.165) is 24.0 Å². The molecule has 0 spiro atoms. The number of amides is 1. The third-order valence-electron chi connectivity index (χ3n) is 6.29. The number of rotatable bonds is 5. The van der Waals surface area contributed by atoms with Gasteiger partial charge in [-0.3, -0.25) is 9.69 Å². The summed E-state index contributed by atoms with van der Waals surface area (Å²) in [5.74, 6) is -1.43. The van der Waals surface area contributed by atoms with Crippen LogP contribution >= 0.6 is 0 Å². The number of piperidine rings is 1. The van der Waals surface area contributed by atoms with E-state index < -0.39 is 42.0 Å². The van der Waals surface area contributed by atoms with Gasteiger partial charge in [0.25, 0.3) is 0 Å². The Labute approximate surface area is 198 Å². The average molecular weight is 511 g/mol. The highest BCUT2D eigenvalue weighted by Gasteiger charge is 2.40. The molecule has 13 heteroatoms. The highest BCUT2D eigenvalue weighted by Crippen LogP contribution is 2.34. The molecule has 1 aromatic carbocycles. The van der Waals surface area contributed by atoms with Gasteiger partial charge in [0.05, 0.1) is 11.5 Å². The third-order valence-corrected chi connectivity index (χ3v) is 6.29. The standard InChI is InChI=1S/C22H27F6N3O4/c1-14(21(23,24)25)35-20(34)31-8-6-29(7-9-31)13-15-10-17(22(26,27)28)12-18(11-15)30-4-2-16(3-5-30)19(32)33/h10-12,14,16H,2-9,13H2,1H3,(H,32,33). The molecular weight excluding hydrogens is 484 g/mol. The van der Waals surface area contributed by atoms with Gasteiger partial charge in [0, 0.05) is 51.5 Å². The normalized spacial score (nSPS) is 19.5. The van der Waals surface area contributed by atoms with Gasteiger partial charge >= 0.3 is 24.4 Å². The van der Waals surface area contributed by atoms with Crippen LogP contribution in [0.15, 0.2) is 18.2 Å². The van der Waals surface area contributed by atoms with E-state index in [1.54, 1.807) is 11.0 Å². The number of carbonyl (C=O) groups is 2. The monoisotopic (exact) mass is 511 g/mol. The molecule has 1 aromatic rings. The third kappa shape index (κ3) is 7.15. The maximum atomic E-state index is 13.5. The van der Waals surface area contributed by atoms with Crippen LogP contribution in [0.3, 0.4) is 0 Å². The SMILES string of the molecule is CC(OC(=O)N1CCN(Cc2cc(N3CCC(C(=O)O)CC3)cc(C(F)(F)F)c2)CC1)C(F)(F)F. The number of anilines is 1. The summed E-state index contributed by atoms with van der Waals surface area (Å²) in [7, 11) is 0. The zero-order valence-electron chi connectivity index (χ0n) is 19.0. The van der Waals surface area contributed by atoms with Gasteiger partial charge < -0.3 is 19.6 Å². The maximum Gasteiger partial charge on any atom is 0.425 e. The van der Waals surface area contributed by atoms with Gasteiger partial charge in [-0.1, -0.05) is 0 Å². The Hall–Kier alpha value is -2.70. The van der Waals surface area contributed by atoms with E-state index in [4.69, 9.17) is 5.11 Å². The van der Waals surface area contributed by atoms with Gasteiger partial charge in [-0.15, -0.1) is 0 Å². The fraction of sp³-hybridized carbons (Fsp3) is 0.636. The van der Waals surface area contributed by atoms with Crippen LogP contribution in [0.4, 0.5) is 36.8 Å². The lowest BCUT2D eigenvalue weighted by Gasteiger charge is -2.35. The predicted octanol–water partition coefficient (Wildman–Crippen LogP) is 4.21. The quantitative estimate of drug-likeness (QED) is 0.598. The number of aliphatic carboxylic acids is 1. The van der Waals surface area contributed by atoms with Gasteiger partial charge in [-0.2, -0.15) is 26.3 Å². The Morgan fingerprint density at radius 3 is 2.11 bits per heavy atom. The number of carbonyl (C=O) groups excluding carboxylic acids is 1. The molecule has 7 nitrogen and oxygen atoms in total. The number of alkyl halides is 6. The number of carboxylic acids is 1. The highest BCUT2D eigenvalue weighted by molar-refractivity contribution is 5.70. The van der Waals surface area contributed by atoms with E-state index in [1.807, 2.05) is 4.90 Å². The predicted molar refractivity (Wildman–Crippen MR) is 113 cm³/mol. The minimum absolute atomic E-state index is 0.0813. The summed E-state index contributed by atoms with van der Waals surface area (Å²) in [6.07, 6.45) is -11.9. The van der Waals surface area contributed by atoms with E-state index in [1.165, 1.54) is 0 Å². The minimum Gasteiger partial charge on any atom is -0.481 e. The Bertz CT molecular complexity index is 907. The Morgan fingerprint density at radius 1 is 1.00 bits per heavy atom. The molecular formula is C22H27F6N3O4. The molecule has 0 aliphatic carbocycles. The number of ether oxygens (including phenoxy) is 1. The fourth-order valence-electron chi connectivity index (χ4n) is 4.14. The molecule has 2 aliphatic heterocycles. The molecule has 2 fully saturated rings. The van der Waals surface area contributed by atoms with Gasteiger partial charge in [0.2, 0.25) is 0 Å². The van der Waals surface area contributed by atoms with Gasteiger partial charge in [-0.05, 0) is 43.5 Å². The first-order valence-corrected chi connectivity index (χ1v) is 11.2. The van der Waals surface area contributed by atoms with Crippen LogP contribution in [0.5, 0.6) is 0 Å². The zero-order valence-corrected chi connectivity index (χ0v) is 19.0. The summed E-state index contributed by atoms with van der Waals surface area (Å²) in [4.78, 5) is 27.8. The highest BCUT2D eigenvalue weighted by atomic mass is 19.4. The van der Waals surface area contributed by atoms with E-state index in [9.17, 15) is 35.9 Å². The molecule has 2 saturated heterocycles. The number of hydrogen-bond donors (Lipinski definition) is 1. The second kappa shape index (κ2) is 10.5. The van der Waals surface area contributed by atoms with E-state index in [-0.39, 0.29) is 32.7 Å². The molecule has 35 heavy (non-hydrogen) atoms. The summed E-state index contributed by atoms with van der Waals surface area (Å²) in [5.41, 5.74) is -0.0485. The lowest BCUT2D eigenvalue weighted by atomic mass is 9.96. The summed E-state index contributed by atoms with van der Waals surface area (Å²) < 4.78 is 82.9. The van der Waals surface area contributed by atoms with Crippen LogP contribution in [0, 0.1) is 5.92 Å². The molecule has 2 heterocycles. The van der Waals surface area contributed by atoms with E-state index in [2.05, 4.69) is 4.74 Å². The number of nitrogens with zero attached hydrogens (tertiary/aromatic N) is 3. The molecule has 2 aliphatic rings. The topological polar surface area (TPSA) is 73.3 Å². The number of carboxylic acid groups (broad SMARTS) is 1. The molecule has 0 bridgehead atoms. The second-order valence-electron chi connectivity index (χ2n) is 8.82. The first-order chi connectivity index (χ1) is 16.2. The Balaban J connectivity index is 1.64. The second-order valence-corrected chi connectivity index (χ2v) is 8.82. The van der Waals surface area contributed by atoms with Crippen molar-refractivity contribution in [3.05, 3.63) is 29.3 Å². The summed E-state index contributed by atoms with van der Waals surface area (Å²) in [6, 6.07) is 3.75. The van der Waals surface area contributed by atoms with E-state index in [0.29, 0.717) is 37.2 Å². The Kier molecular flexibility index (Phi) is 8.07. The van der Waals surface area contributed by atoms with Crippen LogP contribution in [0.2, 0.25) is 0 Å². The molecule has 1 amide bonds. The number of hydrogen-bond acceptors (Lipinski definition) is 5. The van der Waals surface area contributed by atoms with Gasteiger partial charge in [0.15, 0.2) is 6.10 Å². The number of piperazine rings is 1. The fourth-order valence-corrected chi connectivity index (χ4v) is 4.14. The van der Waals surface area contributed by atoms with Crippen LogP contribution in [0.25, 0.3) is 0 Å². The van der Waals surface area contributed by atoms with Crippen molar-refractivity contribution in [3.63, 3.8) is 0 Å². The van der Waals surface area contributed by atoms with Gasteiger partial charge in [0.1, 0.15) is 0 Å². The van der Waals surface area contributed by atoms with Crippen LogP contribution in [0.1, 0.15) is 30.9 Å². The van der Waals surface area contributed by atoms with Crippen molar-refractivity contribution >= 4 is 17.7 Å². The number of halogens is 6.